The third-order valence-corrected chi connectivity index (χ3v) is 4.78. The van der Waals surface area contributed by atoms with Crippen molar-refractivity contribution < 1.29 is 19.4 Å². The molecule has 2 atom stereocenters. The van der Waals surface area contributed by atoms with Gasteiger partial charge in [-0.15, -0.1) is 11.8 Å². The van der Waals surface area contributed by atoms with Crippen LogP contribution in [0.15, 0.2) is 30.3 Å². The molecular weight excluding hydrogens is 302 g/mol. The number of amides is 1. The van der Waals surface area contributed by atoms with E-state index in [0.29, 0.717) is 0 Å². The Bertz CT molecular complexity index is 478. The van der Waals surface area contributed by atoms with E-state index in [4.69, 9.17) is 9.84 Å². The van der Waals surface area contributed by atoms with Crippen molar-refractivity contribution in [2.75, 3.05) is 13.7 Å². The monoisotopic (exact) mass is 325 g/mol. The zero-order valence-corrected chi connectivity index (χ0v) is 13.9. The minimum Gasteiger partial charge on any atom is -0.479 e. The third-order valence-electron chi connectivity index (χ3n) is 3.16. The minimum absolute atomic E-state index is 0.0280. The number of aliphatic carboxylic acids is 1. The van der Waals surface area contributed by atoms with E-state index in [1.54, 1.807) is 11.8 Å². The maximum absolute atomic E-state index is 12.3. The van der Waals surface area contributed by atoms with Gasteiger partial charge in [0.25, 0.3) is 0 Å². The van der Waals surface area contributed by atoms with Crippen LogP contribution >= 0.6 is 11.8 Å². The first-order valence-electron chi connectivity index (χ1n) is 7.14. The Hall–Kier alpha value is -1.53. The van der Waals surface area contributed by atoms with Crippen LogP contribution in [0.5, 0.6) is 0 Å². The Balaban J connectivity index is 2.55. The van der Waals surface area contributed by atoms with Gasteiger partial charge in [-0.3, -0.25) is 4.79 Å². The van der Waals surface area contributed by atoms with Crippen molar-refractivity contribution in [3.8, 4) is 0 Å². The van der Waals surface area contributed by atoms with Crippen molar-refractivity contribution in [2.24, 2.45) is 5.92 Å². The summed E-state index contributed by atoms with van der Waals surface area (Å²) in [5, 5.41) is 11.3. The Morgan fingerprint density at radius 2 is 1.91 bits per heavy atom. The van der Waals surface area contributed by atoms with Crippen molar-refractivity contribution in [1.29, 1.82) is 0 Å². The lowest BCUT2D eigenvalue weighted by atomic mass is 10.1. The molecule has 1 aromatic rings. The highest BCUT2D eigenvalue weighted by molar-refractivity contribution is 7.99. The van der Waals surface area contributed by atoms with Gasteiger partial charge in [0.05, 0.1) is 11.8 Å². The predicted molar refractivity (Wildman–Crippen MR) is 87.8 cm³/mol. The molecule has 2 unspecified atom stereocenters. The molecular formula is C16H23NO4S. The molecule has 0 radical (unpaired) electrons. The summed E-state index contributed by atoms with van der Waals surface area (Å²) in [4.78, 5) is 23.1. The molecule has 0 heterocycles. The first-order valence-corrected chi connectivity index (χ1v) is 8.19. The van der Waals surface area contributed by atoms with E-state index in [-0.39, 0.29) is 23.6 Å². The highest BCUT2D eigenvalue weighted by atomic mass is 32.2. The van der Waals surface area contributed by atoms with Crippen molar-refractivity contribution in [3.63, 3.8) is 0 Å². The molecule has 0 aliphatic heterocycles. The number of carbonyl (C=O) groups is 2. The summed E-state index contributed by atoms with van der Waals surface area (Å²) < 4.78 is 4.81. The largest absolute Gasteiger partial charge is 0.479 e. The van der Waals surface area contributed by atoms with Gasteiger partial charge in [0.1, 0.15) is 0 Å². The maximum Gasteiger partial charge on any atom is 0.334 e. The number of carboxylic acid groups (broad SMARTS) is 1. The second-order valence-electron chi connectivity index (χ2n) is 5.27. The van der Waals surface area contributed by atoms with E-state index in [1.165, 1.54) is 7.11 Å². The summed E-state index contributed by atoms with van der Waals surface area (Å²) in [6.07, 6.45) is -1.02. The highest BCUT2D eigenvalue weighted by Crippen LogP contribution is 2.24. The Labute approximate surface area is 135 Å². The van der Waals surface area contributed by atoms with Gasteiger partial charge in [0, 0.05) is 12.9 Å². The van der Waals surface area contributed by atoms with Gasteiger partial charge in [-0.05, 0) is 11.5 Å². The van der Waals surface area contributed by atoms with Crippen molar-refractivity contribution in [1.82, 2.24) is 5.32 Å². The molecule has 0 spiro atoms. The number of carboxylic acids is 1. The summed E-state index contributed by atoms with van der Waals surface area (Å²) >= 11 is 1.56. The normalized spacial score (nSPS) is 13.6. The number of ether oxygens (including phenoxy) is 1. The van der Waals surface area contributed by atoms with E-state index < -0.39 is 12.1 Å². The average molecular weight is 325 g/mol. The van der Waals surface area contributed by atoms with E-state index in [1.807, 2.05) is 44.2 Å². The van der Waals surface area contributed by atoms with Crippen LogP contribution in [0.4, 0.5) is 0 Å². The van der Waals surface area contributed by atoms with E-state index in [0.717, 1.165) is 11.3 Å². The fourth-order valence-corrected chi connectivity index (χ4v) is 3.08. The molecule has 0 saturated heterocycles. The van der Waals surface area contributed by atoms with Crippen LogP contribution in [-0.4, -0.2) is 42.0 Å². The van der Waals surface area contributed by atoms with E-state index in [2.05, 4.69) is 5.32 Å². The van der Waals surface area contributed by atoms with Crippen LogP contribution in [0.25, 0.3) is 0 Å². The number of benzene rings is 1. The van der Waals surface area contributed by atoms with Gasteiger partial charge >= 0.3 is 5.97 Å². The fourth-order valence-electron chi connectivity index (χ4n) is 1.90. The van der Waals surface area contributed by atoms with Crippen LogP contribution in [0.2, 0.25) is 0 Å². The molecule has 0 fully saturated rings. The van der Waals surface area contributed by atoms with Gasteiger partial charge < -0.3 is 15.2 Å². The van der Waals surface area contributed by atoms with Crippen LogP contribution < -0.4 is 5.32 Å². The summed E-state index contributed by atoms with van der Waals surface area (Å²) in [5.74, 6) is -0.344. The predicted octanol–water partition coefficient (Wildman–Crippen LogP) is 2.16. The lowest BCUT2D eigenvalue weighted by molar-refractivity contribution is -0.148. The van der Waals surface area contributed by atoms with E-state index in [9.17, 15) is 9.59 Å². The number of thioether (sulfide) groups is 1. The highest BCUT2D eigenvalue weighted by Gasteiger charge is 2.25. The SMILES string of the molecule is COC(CNC(=O)C(SCc1ccccc1)C(C)C)C(=O)O. The summed E-state index contributed by atoms with van der Waals surface area (Å²) in [6.45, 7) is 3.93. The summed E-state index contributed by atoms with van der Waals surface area (Å²) in [5.41, 5.74) is 1.16. The van der Waals surface area contributed by atoms with Crippen LogP contribution in [0, 0.1) is 5.92 Å². The average Bonchev–Trinajstić information content (AvgIpc) is 2.48. The second-order valence-corrected chi connectivity index (χ2v) is 6.40. The molecule has 0 aromatic heterocycles. The molecule has 2 N–H and O–H groups in total. The smallest absolute Gasteiger partial charge is 0.334 e. The molecule has 1 aromatic carbocycles. The molecule has 1 amide bonds. The molecule has 6 heteroatoms. The van der Waals surface area contributed by atoms with Crippen molar-refractivity contribution in [2.45, 2.75) is 31.0 Å². The van der Waals surface area contributed by atoms with Crippen molar-refractivity contribution >= 4 is 23.6 Å². The van der Waals surface area contributed by atoms with Crippen LogP contribution in [0.3, 0.4) is 0 Å². The standard InChI is InChI=1S/C16H23NO4S/c1-11(2)14(22-10-12-7-5-4-6-8-12)15(18)17-9-13(21-3)16(19)20/h4-8,11,13-14H,9-10H2,1-3H3,(H,17,18)(H,19,20). The summed E-state index contributed by atoms with van der Waals surface area (Å²) in [7, 11) is 1.31. The number of rotatable bonds is 9. The summed E-state index contributed by atoms with van der Waals surface area (Å²) in [6, 6.07) is 9.94. The first-order chi connectivity index (χ1) is 10.5. The van der Waals surface area contributed by atoms with Crippen LogP contribution in [0.1, 0.15) is 19.4 Å². The van der Waals surface area contributed by atoms with Gasteiger partial charge in [-0.1, -0.05) is 44.2 Å². The number of methoxy groups -OCH3 is 1. The Kier molecular flexibility index (Phi) is 7.98. The van der Waals surface area contributed by atoms with Gasteiger partial charge in [0.15, 0.2) is 6.10 Å². The number of hydrogen-bond donors (Lipinski definition) is 2. The number of hydrogen-bond acceptors (Lipinski definition) is 4. The van der Waals surface area contributed by atoms with E-state index >= 15 is 0 Å². The number of carbonyl (C=O) groups excluding carboxylic acids is 1. The molecule has 0 bridgehead atoms. The Morgan fingerprint density at radius 3 is 2.41 bits per heavy atom. The molecule has 0 aliphatic rings. The lowest BCUT2D eigenvalue weighted by Crippen LogP contribution is -2.42. The zero-order valence-electron chi connectivity index (χ0n) is 13.1. The Morgan fingerprint density at radius 1 is 1.27 bits per heavy atom. The maximum atomic E-state index is 12.3. The molecule has 22 heavy (non-hydrogen) atoms. The fraction of sp³-hybridized carbons (Fsp3) is 0.500. The van der Waals surface area contributed by atoms with Gasteiger partial charge in [-0.2, -0.15) is 0 Å². The van der Waals surface area contributed by atoms with Gasteiger partial charge in [0.2, 0.25) is 5.91 Å². The molecule has 122 valence electrons. The van der Waals surface area contributed by atoms with Gasteiger partial charge in [-0.25, -0.2) is 4.79 Å². The van der Waals surface area contributed by atoms with Crippen LogP contribution in [-0.2, 0) is 20.1 Å². The quantitative estimate of drug-likeness (QED) is 0.728. The molecule has 0 saturated carbocycles. The third kappa shape index (κ3) is 6.07. The second kappa shape index (κ2) is 9.48. The molecule has 0 aliphatic carbocycles. The zero-order chi connectivity index (χ0) is 16.5. The number of nitrogens with one attached hydrogen (secondary N) is 1. The minimum atomic E-state index is -1.08. The molecule has 1 rings (SSSR count). The topological polar surface area (TPSA) is 75.6 Å². The lowest BCUT2D eigenvalue weighted by Gasteiger charge is -2.21. The first kappa shape index (κ1) is 18.5. The molecule has 5 nitrogen and oxygen atoms in total. The van der Waals surface area contributed by atoms with Crippen molar-refractivity contribution in [3.05, 3.63) is 35.9 Å².